The lowest BCUT2D eigenvalue weighted by atomic mass is 9.71. The summed E-state index contributed by atoms with van der Waals surface area (Å²) in [4.78, 5) is 0. The van der Waals surface area contributed by atoms with E-state index in [2.05, 4.69) is 4.74 Å². The van der Waals surface area contributed by atoms with Crippen LogP contribution in [0.5, 0.6) is 0 Å². The highest BCUT2D eigenvalue weighted by Crippen LogP contribution is 2.61. The normalized spacial score (nSPS) is 29.2. The average molecular weight is 540 g/mol. The highest BCUT2D eigenvalue weighted by Gasteiger charge is 2.75. The topological polar surface area (TPSA) is 29.5 Å². The number of ether oxygens (including phenoxy) is 1. The predicted octanol–water partition coefficient (Wildman–Crippen LogP) is 7.60. The van der Waals surface area contributed by atoms with Gasteiger partial charge in [0.05, 0.1) is 5.60 Å². The third kappa shape index (κ3) is 5.38. The van der Waals surface area contributed by atoms with E-state index in [4.69, 9.17) is 0 Å². The molecule has 14 heteroatoms. The van der Waals surface area contributed by atoms with Crippen molar-refractivity contribution in [2.45, 2.75) is 101 Å². The molecule has 0 aromatic heterocycles. The van der Waals surface area contributed by atoms with Crippen LogP contribution in [0.4, 0.5) is 52.7 Å². The summed E-state index contributed by atoms with van der Waals surface area (Å²) in [6.45, 7) is 4.66. The van der Waals surface area contributed by atoms with Gasteiger partial charge in [-0.25, -0.2) is 0 Å². The van der Waals surface area contributed by atoms with E-state index in [-0.39, 0.29) is 24.2 Å². The van der Waals surface area contributed by atoms with Gasteiger partial charge in [0, 0.05) is 0 Å². The van der Waals surface area contributed by atoms with Gasteiger partial charge in [0.25, 0.3) is 11.2 Å². The van der Waals surface area contributed by atoms with Crippen LogP contribution in [0, 0.1) is 29.6 Å². The Morgan fingerprint density at radius 3 is 1.49 bits per heavy atom. The number of rotatable bonds is 7. The monoisotopic (exact) mass is 540 g/mol. The molecule has 208 valence electrons. The van der Waals surface area contributed by atoms with Crippen molar-refractivity contribution in [1.29, 1.82) is 0 Å². The SMILES string of the molecule is CC1C2CC(CC(OC(C)(C)CCC(O)(C(F)(F)F)C(F)(F)F)(C(F)(F)F)C(F)(F)F)C(C2)C1C. The molecular weight excluding hydrogens is 512 g/mol. The van der Waals surface area contributed by atoms with E-state index >= 15 is 0 Å². The van der Waals surface area contributed by atoms with E-state index in [1.54, 1.807) is 6.92 Å². The molecule has 0 amide bonds. The molecule has 2 rings (SSSR count). The first-order valence-electron chi connectivity index (χ1n) is 11.0. The smallest absolute Gasteiger partial charge is 0.374 e. The average Bonchev–Trinajstić information content (AvgIpc) is 3.14. The van der Waals surface area contributed by atoms with Crippen molar-refractivity contribution in [2.24, 2.45) is 29.6 Å². The van der Waals surface area contributed by atoms with Crippen LogP contribution < -0.4 is 0 Å². The van der Waals surface area contributed by atoms with E-state index in [1.165, 1.54) is 0 Å². The predicted molar refractivity (Wildman–Crippen MR) is 98.9 cm³/mol. The van der Waals surface area contributed by atoms with Gasteiger partial charge in [-0.05, 0) is 75.5 Å². The Labute approximate surface area is 194 Å². The Morgan fingerprint density at radius 1 is 0.686 bits per heavy atom. The van der Waals surface area contributed by atoms with Gasteiger partial charge >= 0.3 is 24.7 Å². The van der Waals surface area contributed by atoms with Gasteiger partial charge in [0.15, 0.2) is 0 Å². The molecular formula is C21H28F12O2. The van der Waals surface area contributed by atoms with Crippen molar-refractivity contribution in [3.8, 4) is 0 Å². The Balaban J connectivity index is 2.39. The van der Waals surface area contributed by atoms with Crippen LogP contribution in [0.1, 0.15) is 59.8 Å². The molecule has 0 saturated heterocycles. The fraction of sp³-hybridized carbons (Fsp3) is 1.00. The van der Waals surface area contributed by atoms with Gasteiger partial charge in [-0.2, -0.15) is 52.7 Å². The van der Waals surface area contributed by atoms with Gasteiger partial charge in [-0.1, -0.05) is 13.8 Å². The van der Waals surface area contributed by atoms with Crippen LogP contribution in [-0.2, 0) is 4.74 Å². The molecule has 5 unspecified atom stereocenters. The first-order valence-corrected chi connectivity index (χ1v) is 11.0. The fourth-order valence-corrected chi connectivity index (χ4v) is 5.70. The number of hydrogen-bond donors (Lipinski definition) is 1. The van der Waals surface area contributed by atoms with Crippen molar-refractivity contribution < 1.29 is 62.5 Å². The highest BCUT2D eigenvalue weighted by atomic mass is 19.4. The van der Waals surface area contributed by atoms with Crippen LogP contribution in [0.15, 0.2) is 0 Å². The van der Waals surface area contributed by atoms with Crippen LogP contribution in [0.25, 0.3) is 0 Å². The lowest BCUT2D eigenvalue weighted by molar-refractivity contribution is -0.409. The largest absolute Gasteiger partial charge is 0.426 e. The van der Waals surface area contributed by atoms with Crippen LogP contribution >= 0.6 is 0 Å². The zero-order valence-electron chi connectivity index (χ0n) is 19.3. The van der Waals surface area contributed by atoms with Gasteiger partial charge < -0.3 is 9.84 Å². The molecule has 5 atom stereocenters. The lowest BCUT2D eigenvalue weighted by Gasteiger charge is -2.46. The Morgan fingerprint density at radius 2 is 1.14 bits per heavy atom. The second-order valence-corrected chi connectivity index (χ2v) is 10.6. The van der Waals surface area contributed by atoms with Crippen molar-refractivity contribution in [3.05, 3.63) is 0 Å². The van der Waals surface area contributed by atoms with Crippen LogP contribution in [0.2, 0.25) is 0 Å². The summed E-state index contributed by atoms with van der Waals surface area (Å²) in [6, 6.07) is 0. The minimum Gasteiger partial charge on any atom is -0.374 e. The summed E-state index contributed by atoms with van der Waals surface area (Å²) in [5.74, 6) is -1.64. The molecule has 0 heterocycles. The van der Waals surface area contributed by atoms with E-state index in [0.717, 1.165) is 0 Å². The summed E-state index contributed by atoms with van der Waals surface area (Å²) < 4.78 is 167. The van der Waals surface area contributed by atoms with Crippen molar-refractivity contribution >= 4 is 0 Å². The molecule has 2 bridgehead atoms. The molecule has 2 aliphatic carbocycles. The minimum absolute atomic E-state index is 0.0791. The van der Waals surface area contributed by atoms with Crippen LogP contribution in [0.3, 0.4) is 0 Å². The number of halogens is 12. The summed E-state index contributed by atoms with van der Waals surface area (Å²) in [6.07, 6.45) is -29.6. The second kappa shape index (κ2) is 8.83. The standard InChI is InChI=1S/C21H28F12O2/c1-10-11(2)14-8-12(10)7-13(14)9-17(20(28,29)30,21(31,32)33)35-15(3,4)5-6-16(34,18(22,23)24)19(25,26)27/h10-14,34H,5-9H2,1-4H3. The van der Waals surface area contributed by atoms with E-state index in [0.29, 0.717) is 20.3 Å². The lowest BCUT2D eigenvalue weighted by Crippen LogP contribution is -2.63. The maximum Gasteiger partial charge on any atom is 0.426 e. The third-order valence-electron chi connectivity index (χ3n) is 7.98. The first kappa shape index (κ1) is 30.3. The number of aliphatic hydroxyl groups is 1. The van der Waals surface area contributed by atoms with E-state index in [9.17, 15) is 57.8 Å². The fourth-order valence-electron chi connectivity index (χ4n) is 5.70. The molecule has 0 radical (unpaired) electrons. The Kier molecular flexibility index (Phi) is 7.65. The molecule has 0 aromatic rings. The molecule has 1 N–H and O–H groups in total. The van der Waals surface area contributed by atoms with Crippen LogP contribution in [-0.4, -0.2) is 46.6 Å². The zero-order valence-corrected chi connectivity index (χ0v) is 19.3. The summed E-state index contributed by atoms with van der Waals surface area (Å²) >= 11 is 0. The van der Waals surface area contributed by atoms with Gasteiger partial charge in [0.1, 0.15) is 0 Å². The number of hydrogen-bond acceptors (Lipinski definition) is 2. The highest BCUT2D eigenvalue weighted by molar-refractivity contribution is 5.06. The maximum absolute atomic E-state index is 14.1. The van der Waals surface area contributed by atoms with E-state index < -0.39 is 72.6 Å². The molecule has 2 saturated carbocycles. The molecule has 2 aliphatic rings. The summed E-state index contributed by atoms with van der Waals surface area (Å²) in [5, 5.41) is 9.27. The summed E-state index contributed by atoms with van der Waals surface area (Å²) in [7, 11) is 0. The molecule has 35 heavy (non-hydrogen) atoms. The molecule has 0 aromatic carbocycles. The van der Waals surface area contributed by atoms with Gasteiger partial charge in [-0.3, -0.25) is 0 Å². The van der Waals surface area contributed by atoms with Crippen molar-refractivity contribution in [1.82, 2.24) is 0 Å². The van der Waals surface area contributed by atoms with Crippen molar-refractivity contribution in [3.63, 3.8) is 0 Å². The minimum atomic E-state index is -6.28. The molecule has 0 spiro atoms. The summed E-state index contributed by atoms with van der Waals surface area (Å²) in [5.41, 5.74) is -12.9. The second-order valence-electron chi connectivity index (χ2n) is 10.6. The number of fused-ring (bicyclic) bond motifs is 2. The third-order valence-corrected chi connectivity index (χ3v) is 7.98. The van der Waals surface area contributed by atoms with Gasteiger partial charge in [-0.15, -0.1) is 0 Å². The van der Waals surface area contributed by atoms with Crippen molar-refractivity contribution in [2.75, 3.05) is 0 Å². The molecule has 2 fully saturated rings. The number of alkyl halides is 12. The Hall–Kier alpha value is -0.920. The van der Waals surface area contributed by atoms with Gasteiger partial charge in [0.2, 0.25) is 0 Å². The quantitative estimate of drug-likeness (QED) is 0.337. The zero-order chi connectivity index (χ0) is 27.6. The Bertz CT molecular complexity index is 719. The van der Waals surface area contributed by atoms with E-state index in [1.807, 2.05) is 6.92 Å². The first-order chi connectivity index (χ1) is 15.3. The molecule has 0 aliphatic heterocycles. The maximum atomic E-state index is 14.1. The molecule has 2 nitrogen and oxygen atoms in total.